The number of ether oxygens (including phenoxy) is 1. The summed E-state index contributed by atoms with van der Waals surface area (Å²) in [7, 11) is 0. The molecule has 0 N–H and O–H groups in total. The molecule has 4 nitrogen and oxygen atoms in total. The molecule has 1 heterocycles. The quantitative estimate of drug-likeness (QED) is 0.534. The first-order chi connectivity index (χ1) is 8.03. The lowest BCUT2D eigenvalue weighted by Crippen LogP contribution is -2.24. The third-order valence-corrected chi connectivity index (χ3v) is 2.82. The lowest BCUT2D eigenvalue weighted by molar-refractivity contribution is 0.0776. The summed E-state index contributed by atoms with van der Waals surface area (Å²) in [4.78, 5) is 0. The van der Waals surface area contributed by atoms with Crippen molar-refractivity contribution in [2.75, 3.05) is 0 Å². The molecule has 0 spiro atoms. The van der Waals surface area contributed by atoms with Crippen molar-refractivity contribution in [3.05, 3.63) is 35.1 Å². The molecule has 84 valence electrons. The van der Waals surface area contributed by atoms with Gasteiger partial charge < -0.3 is 4.74 Å². The molecule has 0 saturated heterocycles. The summed E-state index contributed by atoms with van der Waals surface area (Å²) < 4.78 is 5.62. The fourth-order valence-electron chi connectivity index (χ4n) is 1.69. The van der Waals surface area contributed by atoms with E-state index in [-0.39, 0.29) is 16.9 Å². The van der Waals surface area contributed by atoms with Crippen LogP contribution in [0.15, 0.2) is 35.1 Å². The second kappa shape index (κ2) is 4.56. The maximum atomic E-state index is 9.08. The molecule has 1 aliphatic rings. The Balaban J connectivity index is 3.44. The zero-order valence-corrected chi connectivity index (χ0v) is 9.74. The van der Waals surface area contributed by atoms with Crippen LogP contribution in [0.5, 0.6) is 0 Å². The summed E-state index contributed by atoms with van der Waals surface area (Å²) in [5.41, 5.74) is 0.125. The van der Waals surface area contributed by atoms with Crippen LogP contribution in [0.3, 0.4) is 0 Å². The molecular formula is C13H11N3O. The van der Waals surface area contributed by atoms with Crippen molar-refractivity contribution in [1.82, 2.24) is 0 Å². The van der Waals surface area contributed by atoms with E-state index < -0.39 is 5.60 Å². The minimum Gasteiger partial charge on any atom is -0.479 e. The van der Waals surface area contributed by atoms with Crippen molar-refractivity contribution in [1.29, 1.82) is 15.8 Å². The summed E-state index contributed by atoms with van der Waals surface area (Å²) in [5.74, 6) is 0.0827. The Morgan fingerprint density at radius 3 is 2.41 bits per heavy atom. The van der Waals surface area contributed by atoms with Crippen LogP contribution >= 0.6 is 0 Å². The van der Waals surface area contributed by atoms with Gasteiger partial charge in [-0.15, -0.1) is 6.58 Å². The van der Waals surface area contributed by atoms with Gasteiger partial charge >= 0.3 is 0 Å². The summed E-state index contributed by atoms with van der Waals surface area (Å²) in [6.45, 7) is 7.20. The van der Waals surface area contributed by atoms with E-state index >= 15 is 0 Å². The van der Waals surface area contributed by atoms with Gasteiger partial charge in [0.05, 0.1) is 5.57 Å². The van der Waals surface area contributed by atoms with Crippen molar-refractivity contribution < 1.29 is 4.74 Å². The van der Waals surface area contributed by atoms with Crippen molar-refractivity contribution in [3.8, 4) is 18.2 Å². The molecule has 0 aromatic carbocycles. The smallest absolute Gasteiger partial charge is 0.172 e. The normalized spacial score (nSPS) is 22.2. The summed E-state index contributed by atoms with van der Waals surface area (Å²) >= 11 is 0. The fourth-order valence-corrected chi connectivity index (χ4v) is 1.69. The lowest BCUT2D eigenvalue weighted by Gasteiger charge is -2.24. The van der Waals surface area contributed by atoms with E-state index in [4.69, 9.17) is 20.5 Å². The molecule has 1 atom stereocenters. The summed E-state index contributed by atoms with van der Waals surface area (Å²) in [6, 6.07) is 5.47. The number of nitriles is 3. The fraction of sp³-hybridized carbons (Fsp3) is 0.308. The minimum absolute atomic E-state index is 0.0827. The molecule has 17 heavy (non-hydrogen) atoms. The molecule has 0 saturated carbocycles. The zero-order chi connectivity index (χ0) is 13.1. The van der Waals surface area contributed by atoms with E-state index in [9.17, 15) is 0 Å². The van der Waals surface area contributed by atoms with E-state index in [1.165, 1.54) is 0 Å². The molecule has 0 aromatic rings. The standard InChI is InChI=1S/C13H11N3O/c1-4-5-13(3)9(2)11(8-16)12(17-13)10(6-14)7-15/h4H,1,5H2,2-3H3. The van der Waals surface area contributed by atoms with Crippen LogP contribution in [0, 0.1) is 34.0 Å². The van der Waals surface area contributed by atoms with E-state index in [1.807, 2.05) is 6.07 Å². The summed E-state index contributed by atoms with van der Waals surface area (Å²) in [5, 5.41) is 26.7. The highest BCUT2D eigenvalue weighted by Crippen LogP contribution is 2.41. The number of nitrogens with zero attached hydrogens (tertiary/aromatic N) is 3. The van der Waals surface area contributed by atoms with Gasteiger partial charge in [0.25, 0.3) is 0 Å². The molecular weight excluding hydrogens is 214 g/mol. The highest BCUT2D eigenvalue weighted by atomic mass is 16.5. The molecule has 1 aliphatic heterocycles. The number of hydrogen-bond acceptors (Lipinski definition) is 4. The van der Waals surface area contributed by atoms with Gasteiger partial charge in [0, 0.05) is 6.42 Å². The first-order valence-corrected chi connectivity index (χ1v) is 5.00. The second-order valence-corrected chi connectivity index (χ2v) is 3.87. The molecule has 0 fully saturated rings. The van der Waals surface area contributed by atoms with Gasteiger partial charge in [-0.25, -0.2) is 0 Å². The highest BCUT2D eigenvalue weighted by molar-refractivity contribution is 5.57. The van der Waals surface area contributed by atoms with Crippen LogP contribution < -0.4 is 0 Å². The molecule has 1 rings (SSSR count). The van der Waals surface area contributed by atoms with Gasteiger partial charge in [-0.3, -0.25) is 0 Å². The number of hydrogen-bond donors (Lipinski definition) is 0. The van der Waals surface area contributed by atoms with Gasteiger partial charge in [-0.05, 0) is 19.4 Å². The number of allylic oxidation sites excluding steroid dienone is 2. The average Bonchev–Trinajstić information content (AvgIpc) is 2.54. The zero-order valence-electron chi connectivity index (χ0n) is 9.74. The predicted molar refractivity (Wildman–Crippen MR) is 60.9 cm³/mol. The largest absolute Gasteiger partial charge is 0.479 e. The Morgan fingerprint density at radius 1 is 1.41 bits per heavy atom. The Labute approximate surface area is 100 Å². The maximum absolute atomic E-state index is 9.08. The first-order valence-electron chi connectivity index (χ1n) is 5.00. The van der Waals surface area contributed by atoms with Crippen LogP contribution in [-0.4, -0.2) is 5.60 Å². The Kier molecular flexibility index (Phi) is 3.37. The maximum Gasteiger partial charge on any atom is 0.172 e. The van der Waals surface area contributed by atoms with Gasteiger partial charge in [0.2, 0.25) is 0 Å². The molecule has 0 amide bonds. The second-order valence-electron chi connectivity index (χ2n) is 3.87. The van der Waals surface area contributed by atoms with E-state index in [1.54, 1.807) is 32.1 Å². The molecule has 1 unspecified atom stereocenters. The lowest BCUT2D eigenvalue weighted by atomic mass is 9.92. The third kappa shape index (κ3) is 1.92. The molecule has 0 aromatic heterocycles. The Bertz CT molecular complexity index is 533. The SMILES string of the molecule is C=CCC1(C)OC(=C(C#N)C#N)C(C#N)=C1C. The highest BCUT2D eigenvalue weighted by Gasteiger charge is 2.40. The van der Waals surface area contributed by atoms with Crippen LogP contribution in [0.4, 0.5) is 0 Å². The molecule has 0 bridgehead atoms. The van der Waals surface area contributed by atoms with E-state index in [0.717, 1.165) is 5.57 Å². The van der Waals surface area contributed by atoms with Crippen LogP contribution in [0.1, 0.15) is 20.3 Å². The minimum atomic E-state index is -0.693. The van der Waals surface area contributed by atoms with Gasteiger partial charge in [-0.1, -0.05) is 6.08 Å². The average molecular weight is 225 g/mol. The van der Waals surface area contributed by atoms with Crippen LogP contribution in [0.25, 0.3) is 0 Å². The van der Waals surface area contributed by atoms with Crippen molar-refractivity contribution in [3.63, 3.8) is 0 Å². The predicted octanol–water partition coefficient (Wildman–Crippen LogP) is 2.49. The Hall–Kier alpha value is -2.51. The van der Waals surface area contributed by atoms with Crippen LogP contribution in [-0.2, 0) is 4.74 Å². The molecule has 0 radical (unpaired) electrons. The summed E-state index contributed by atoms with van der Waals surface area (Å²) in [6.07, 6.45) is 2.19. The van der Waals surface area contributed by atoms with Crippen molar-refractivity contribution >= 4 is 0 Å². The van der Waals surface area contributed by atoms with Gasteiger partial charge in [0.15, 0.2) is 11.3 Å². The monoisotopic (exact) mass is 225 g/mol. The first kappa shape index (κ1) is 12.6. The van der Waals surface area contributed by atoms with E-state index in [0.29, 0.717) is 6.42 Å². The Morgan fingerprint density at radius 2 is 2.00 bits per heavy atom. The van der Waals surface area contributed by atoms with E-state index in [2.05, 4.69) is 6.58 Å². The molecule has 4 heteroatoms. The van der Waals surface area contributed by atoms with Crippen molar-refractivity contribution in [2.24, 2.45) is 0 Å². The molecule has 0 aliphatic carbocycles. The topological polar surface area (TPSA) is 80.6 Å². The van der Waals surface area contributed by atoms with Gasteiger partial charge in [0.1, 0.15) is 23.8 Å². The van der Waals surface area contributed by atoms with Gasteiger partial charge in [-0.2, -0.15) is 15.8 Å². The number of rotatable bonds is 2. The van der Waals surface area contributed by atoms with Crippen LogP contribution in [0.2, 0.25) is 0 Å². The third-order valence-electron chi connectivity index (χ3n) is 2.82. The van der Waals surface area contributed by atoms with Crippen molar-refractivity contribution in [2.45, 2.75) is 25.9 Å².